The monoisotopic (exact) mass is 548 g/mol. The van der Waals surface area contributed by atoms with Gasteiger partial charge in [-0.05, 0) is 72.3 Å². The topological polar surface area (TPSA) is 124 Å². The fourth-order valence-electron chi connectivity index (χ4n) is 4.26. The van der Waals surface area contributed by atoms with Crippen LogP contribution in [0.25, 0.3) is 28.2 Å². The average Bonchev–Trinajstić information content (AvgIpc) is 3.66. The Bertz CT molecular complexity index is 1500. The lowest BCUT2D eigenvalue weighted by Crippen LogP contribution is -2.28. The molecule has 208 valence electrons. The zero-order chi connectivity index (χ0) is 28.2. The predicted octanol–water partition coefficient (Wildman–Crippen LogP) is 3.86. The number of nitrogens with zero attached hydrogens (tertiary/aromatic N) is 6. The van der Waals surface area contributed by atoms with E-state index in [-0.39, 0.29) is 41.6 Å². The summed E-state index contributed by atoms with van der Waals surface area (Å²) in [6, 6.07) is 11.7. The fraction of sp³-hybridized carbons (Fsp3) is 0.321. The van der Waals surface area contributed by atoms with E-state index >= 15 is 4.39 Å². The van der Waals surface area contributed by atoms with Crippen LogP contribution in [-0.4, -0.2) is 68.3 Å². The second-order valence-corrected chi connectivity index (χ2v) is 9.48. The van der Waals surface area contributed by atoms with Crippen molar-refractivity contribution in [3.63, 3.8) is 0 Å². The molecule has 1 amide bonds. The molecule has 5 rings (SSSR count). The van der Waals surface area contributed by atoms with Crippen molar-refractivity contribution in [3.8, 4) is 34.0 Å². The number of likely N-dealkylation sites (N-methyl/N-ethyl adjacent to an activating group) is 1. The van der Waals surface area contributed by atoms with Crippen molar-refractivity contribution < 1.29 is 18.3 Å². The van der Waals surface area contributed by atoms with Crippen LogP contribution in [0.5, 0.6) is 5.75 Å². The maximum Gasteiger partial charge on any atom is 0.251 e. The Hall–Kier alpha value is -4.45. The molecule has 12 heteroatoms. The first kappa shape index (κ1) is 27.1. The van der Waals surface area contributed by atoms with Gasteiger partial charge in [0.1, 0.15) is 18.1 Å². The van der Waals surface area contributed by atoms with Crippen LogP contribution in [-0.2, 0) is 0 Å². The minimum atomic E-state index is -1.16. The Morgan fingerprint density at radius 3 is 2.55 bits per heavy atom. The third-order valence-corrected chi connectivity index (χ3v) is 6.84. The van der Waals surface area contributed by atoms with E-state index in [1.54, 1.807) is 36.5 Å². The maximum atomic E-state index is 15.2. The van der Waals surface area contributed by atoms with Gasteiger partial charge in [-0.3, -0.25) is 4.79 Å². The molecule has 0 saturated heterocycles. The number of amides is 1. The number of pyridine rings is 1. The quantitative estimate of drug-likeness (QED) is 0.290. The number of aromatic nitrogens is 5. The van der Waals surface area contributed by atoms with Crippen LogP contribution in [0, 0.1) is 11.6 Å². The molecule has 1 fully saturated rings. The minimum Gasteiger partial charge on any atom is -0.489 e. The van der Waals surface area contributed by atoms with E-state index in [1.807, 2.05) is 13.8 Å². The molecule has 0 radical (unpaired) electrons. The average molecular weight is 549 g/mol. The van der Waals surface area contributed by atoms with Gasteiger partial charge < -0.3 is 20.7 Å². The number of anilines is 1. The van der Waals surface area contributed by atoms with Crippen molar-refractivity contribution in [2.24, 2.45) is 0 Å². The Balaban J connectivity index is 1.39. The van der Waals surface area contributed by atoms with Crippen LogP contribution in [0.15, 0.2) is 48.7 Å². The van der Waals surface area contributed by atoms with Gasteiger partial charge >= 0.3 is 0 Å². The lowest BCUT2D eigenvalue weighted by atomic mass is 10.0. The van der Waals surface area contributed by atoms with Crippen LogP contribution in [0.1, 0.15) is 37.0 Å². The number of nitrogens with two attached hydrogens (primary N) is 1. The number of carbonyl (C=O) groups excluding carboxylic acids is 1. The Morgan fingerprint density at radius 1 is 1.10 bits per heavy atom. The highest BCUT2D eigenvalue weighted by Gasteiger charge is 2.24. The van der Waals surface area contributed by atoms with E-state index in [0.717, 1.165) is 36.2 Å². The smallest absolute Gasteiger partial charge is 0.251 e. The molecule has 0 bridgehead atoms. The Morgan fingerprint density at radius 2 is 1.85 bits per heavy atom. The zero-order valence-electron chi connectivity index (χ0n) is 22.3. The standard InChI is InChI=1S/C28H30F2N8O2/c1-3-37(4-2)13-14-40-23-12-11-22(24(29)25(23)30)38-27(34-35-36-38)21-15-19(16-32-26(21)31)17-5-7-18(8-6-17)28(39)33-20-9-10-20/h5-8,11-12,15-16,20H,3-4,9-10,13-14H2,1-2H3,(H2,31,32)(H,33,39). The molecule has 2 aromatic heterocycles. The SMILES string of the molecule is CCN(CC)CCOc1ccc(-n2nnnc2-c2cc(-c3ccc(C(=O)NC4CC4)cc3)cnc2N)c(F)c1F. The Kier molecular flexibility index (Phi) is 7.96. The van der Waals surface area contributed by atoms with Gasteiger partial charge in [-0.25, -0.2) is 9.37 Å². The van der Waals surface area contributed by atoms with Crippen LogP contribution >= 0.6 is 0 Å². The van der Waals surface area contributed by atoms with E-state index in [1.165, 1.54) is 12.1 Å². The molecule has 2 aromatic carbocycles. The van der Waals surface area contributed by atoms with E-state index in [4.69, 9.17) is 10.5 Å². The first-order valence-corrected chi connectivity index (χ1v) is 13.2. The summed E-state index contributed by atoms with van der Waals surface area (Å²) in [5.41, 5.74) is 8.29. The fourth-order valence-corrected chi connectivity index (χ4v) is 4.26. The molecule has 1 aliphatic rings. The van der Waals surface area contributed by atoms with Gasteiger partial charge in [-0.2, -0.15) is 9.07 Å². The van der Waals surface area contributed by atoms with Gasteiger partial charge in [0.05, 0.1) is 5.56 Å². The summed E-state index contributed by atoms with van der Waals surface area (Å²) in [7, 11) is 0. The van der Waals surface area contributed by atoms with Crippen LogP contribution in [0.3, 0.4) is 0 Å². The summed E-state index contributed by atoms with van der Waals surface area (Å²) < 4.78 is 36.7. The molecule has 1 aliphatic carbocycles. The van der Waals surface area contributed by atoms with Crippen molar-refractivity contribution in [2.45, 2.75) is 32.7 Å². The number of halogens is 2. The normalized spacial score (nSPS) is 13.0. The number of nitrogen functional groups attached to an aromatic ring is 1. The molecule has 0 unspecified atom stereocenters. The van der Waals surface area contributed by atoms with Crippen LogP contribution < -0.4 is 15.8 Å². The van der Waals surface area contributed by atoms with Crippen LogP contribution in [0.2, 0.25) is 0 Å². The van der Waals surface area contributed by atoms with Gasteiger partial charge in [0.2, 0.25) is 5.82 Å². The second-order valence-electron chi connectivity index (χ2n) is 9.48. The number of hydrogen-bond donors (Lipinski definition) is 2. The molecule has 4 aromatic rings. The van der Waals surface area contributed by atoms with E-state index in [9.17, 15) is 9.18 Å². The molecule has 3 N–H and O–H groups in total. The van der Waals surface area contributed by atoms with E-state index < -0.39 is 11.6 Å². The maximum absolute atomic E-state index is 15.2. The molecular formula is C28H30F2N8O2. The van der Waals surface area contributed by atoms with Crippen molar-refractivity contribution in [1.82, 2.24) is 35.4 Å². The summed E-state index contributed by atoms with van der Waals surface area (Å²) in [5, 5.41) is 14.5. The van der Waals surface area contributed by atoms with Gasteiger partial charge in [0.25, 0.3) is 5.91 Å². The Labute approximate surface area is 230 Å². The number of carbonyl (C=O) groups is 1. The van der Waals surface area contributed by atoms with Gasteiger partial charge in [0.15, 0.2) is 17.4 Å². The number of nitrogens with one attached hydrogen (secondary N) is 1. The van der Waals surface area contributed by atoms with Gasteiger partial charge in [-0.1, -0.05) is 26.0 Å². The van der Waals surface area contributed by atoms with Crippen molar-refractivity contribution >= 4 is 11.7 Å². The largest absolute Gasteiger partial charge is 0.489 e. The summed E-state index contributed by atoms with van der Waals surface area (Å²) >= 11 is 0. The first-order chi connectivity index (χ1) is 19.4. The number of hydrogen-bond acceptors (Lipinski definition) is 8. The summed E-state index contributed by atoms with van der Waals surface area (Å²) in [4.78, 5) is 18.7. The second kappa shape index (κ2) is 11.7. The van der Waals surface area contributed by atoms with Crippen LogP contribution in [0.4, 0.5) is 14.6 Å². The highest BCUT2D eigenvalue weighted by Crippen LogP contribution is 2.32. The third kappa shape index (κ3) is 5.76. The highest BCUT2D eigenvalue weighted by atomic mass is 19.2. The predicted molar refractivity (Wildman–Crippen MR) is 146 cm³/mol. The number of rotatable bonds is 11. The molecule has 40 heavy (non-hydrogen) atoms. The minimum absolute atomic E-state index is 0.0841. The molecule has 0 aliphatic heterocycles. The van der Waals surface area contributed by atoms with Crippen molar-refractivity contribution in [1.29, 1.82) is 0 Å². The molecule has 10 nitrogen and oxygen atoms in total. The summed E-state index contributed by atoms with van der Waals surface area (Å²) in [6.07, 6.45) is 3.60. The molecular weight excluding hydrogens is 518 g/mol. The summed E-state index contributed by atoms with van der Waals surface area (Å²) in [6.45, 7) is 6.51. The number of tetrazole rings is 1. The van der Waals surface area contributed by atoms with E-state index in [2.05, 4.69) is 30.7 Å². The number of ether oxygens (including phenoxy) is 1. The molecule has 0 atom stereocenters. The summed E-state index contributed by atoms with van der Waals surface area (Å²) in [5.74, 6) is -2.40. The molecule has 0 spiro atoms. The van der Waals surface area contributed by atoms with Gasteiger partial charge in [0, 0.05) is 29.9 Å². The lowest BCUT2D eigenvalue weighted by Gasteiger charge is -2.18. The zero-order valence-corrected chi connectivity index (χ0v) is 22.3. The lowest BCUT2D eigenvalue weighted by molar-refractivity contribution is 0.0951. The van der Waals surface area contributed by atoms with Gasteiger partial charge in [-0.15, -0.1) is 5.10 Å². The molecule has 1 saturated carbocycles. The third-order valence-electron chi connectivity index (χ3n) is 6.84. The first-order valence-electron chi connectivity index (χ1n) is 13.2. The van der Waals surface area contributed by atoms with E-state index in [0.29, 0.717) is 23.2 Å². The van der Waals surface area contributed by atoms with Crippen molar-refractivity contribution in [3.05, 3.63) is 65.9 Å². The highest BCUT2D eigenvalue weighted by molar-refractivity contribution is 5.95. The number of benzene rings is 2. The van der Waals surface area contributed by atoms with Crippen molar-refractivity contribution in [2.75, 3.05) is 32.0 Å². The molecule has 2 heterocycles.